The predicted octanol–water partition coefficient (Wildman–Crippen LogP) is 4.78. The highest BCUT2D eigenvalue weighted by Gasteiger charge is 2.44. The van der Waals surface area contributed by atoms with Crippen LogP contribution in [0, 0.1) is 13.8 Å². The molecule has 1 aliphatic rings. The molecule has 0 radical (unpaired) electrons. The summed E-state index contributed by atoms with van der Waals surface area (Å²) in [7, 11) is 0. The van der Waals surface area contributed by atoms with Crippen LogP contribution in [0.4, 0.5) is 10.5 Å². The van der Waals surface area contributed by atoms with E-state index in [1.54, 1.807) is 32.9 Å². The lowest BCUT2D eigenvalue weighted by molar-refractivity contribution is -0.141. The van der Waals surface area contributed by atoms with Crippen molar-refractivity contribution >= 4 is 35.6 Å². The van der Waals surface area contributed by atoms with Crippen LogP contribution in [0.2, 0.25) is 0 Å². The maximum Gasteiger partial charge on any atom is 0.408 e. The van der Waals surface area contributed by atoms with Gasteiger partial charge in [-0.05, 0) is 82.2 Å². The van der Waals surface area contributed by atoms with Gasteiger partial charge in [-0.2, -0.15) is 0 Å². The van der Waals surface area contributed by atoms with Gasteiger partial charge in [0.1, 0.15) is 17.7 Å². The number of nitrogens with two attached hydrogens (primary N) is 1. The number of benzene rings is 2. The van der Waals surface area contributed by atoms with E-state index in [9.17, 15) is 19.2 Å². The average molecular weight is 549 g/mol. The number of nitrogens with zero attached hydrogens (tertiary/aromatic N) is 1. The fourth-order valence-electron chi connectivity index (χ4n) is 4.54. The van der Waals surface area contributed by atoms with Crippen LogP contribution < -0.4 is 16.4 Å². The number of ether oxygens (including phenoxy) is 1. The fourth-order valence-corrected chi connectivity index (χ4v) is 4.54. The van der Waals surface area contributed by atoms with Crippen molar-refractivity contribution < 1.29 is 23.9 Å². The largest absolute Gasteiger partial charge is 0.444 e. The van der Waals surface area contributed by atoms with E-state index in [-0.39, 0.29) is 24.8 Å². The van der Waals surface area contributed by atoms with Crippen LogP contribution in [0.5, 0.6) is 0 Å². The van der Waals surface area contributed by atoms with Gasteiger partial charge in [0.15, 0.2) is 0 Å². The van der Waals surface area contributed by atoms with Gasteiger partial charge in [0.2, 0.25) is 11.8 Å². The number of hydrogen-bond acceptors (Lipinski definition) is 5. The smallest absolute Gasteiger partial charge is 0.408 e. The van der Waals surface area contributed by atoms with Gasteiger partial charge in [-0.15, -0.1) is 0 Å². The Labute approximate surface area is 236 Å². The van der Waals surface area contributed by atoms with Gasteiger partial charge in [0, 0.05) is 18.2 Å². The van der Waals surface area contributed by atoms with Crippen LogP contribution in [0.15, 0.2) is 49.0 Å². The monoisotopic (exact) mass is 548 g/mol. The summed E-state index contributed by atoms with van der Waals surface area (Å²) in [5.41, 5.74) is 8.45. The highest BCUT2D eigenvalue weighted by atomic mass is 16.6. The molecule has 2 unspecified atom stereocenters. The van der Waals surface area contributed by atoms with Crippen molar-refractivity contribution in [2.45, 2.75) is 84.0 Å². The minimum atomic E-state index is -1.12. The standard InChI is InChI=1S/C31H40N4O5/c1-7-21-12-9-13-22(18-21)27(28(37)34-26-19(2)10-8-11-20(26)3)35(23-14-15-23)29(38)24(16-17-25(32)36)33-30(39)40-31(4,5)6/h7-13,18,23-24,27H,1,14-17H2,2-6H3,(H2,32,36)(H,33,39)(H,34,37). The predicted molar refractivity (Wildman–Crippen MR) is 155 cm³/mol. The molecule has 0 heterocycles. The lowest BCUT2D eigenvalue weighted by Crippen LogP contribution is -2.53. The highest BCUT2D eigenvalue weighted by molar-refractivity contribution is 6.00. The Morgan fingerprint density at radius 1 is 1.10 bits per heavy atom. The summed E-state index contributed by atoms with van der Waals surface area (Å²) in [6, 6.07) is 10.7. The normalized spacial score (nSPS) is 14.4. The maximum absolute atomic E-state index is 14.2. The Kier molecular flexibility index (Phi) is 9.74. The minimum Gasteiger partial charge on any atom is -0.444 e. The van der Waals surface area contributed by atoms with E-state index in [0.29, 0.717) is 24.1 Å². The minimum absolute atomic E-state index is 0.0332. The fraction of sp³-hybridized carbons (Fsp3) is 0.419. The Hall–Kier alpha value is -4.14. The number of para-hydroxylation sites is 1. The first-order valence-electron chi connectivity index (χ1n) is 13.5. The summed E-state index contributed by atoms with van der Waals surface area (Å²) in [5, 5.41) is 5.67. The molecule has 40 heavy (non-hydrogen) atoms. The molecule has 2 atom stereocenters. The zero-order chi connectivity index (χ0) is 29.6. The van der Waals surface area contributed by atoms with Gasteiger partial charge in [0.05, 0.1) is 0 Å². The molecule has 0 aromatic heterocycles. The number of amides is 4. The van der Waals surface area contributed by atoms with E-state index >= 15 is 0 Å². The van der Waals surface area contributed by atoms with Gasteiger partial charge < -0.3 is 26.0 Å². The van der Waals surface area contributed by atoms with Crippen LogP contribution in [0.3, 0.4) is 0 Å². The third-order valence-corrected chi connectivity index (χ3v) is 6.58. The van der Waals surface area contributed by atoms with Crippen molar-refractivity contribution in [3.63, 3.8) is 0 Å². The molecule has 1 aliphatic carbocycles. The SMILES string of the molecule is C=Cc1cccc(C(C(=O)Nc2c(C)cccc2C)N(C(=O)C(CCC(N)=O)NC(=O)OC(C)(C)C)C2CC2)c1. The maximum atomic E-state index is 14.2. The molecule has 9 nitrogen and oxygen atoms in total. The number of anilines is 1. The quantitative estimate of drug-likeness (QED) is 0.372. The lowest BCUT2D eigenvalue weighted by atomic mass is 9.98. The molecular formula is C31H40N4O5. The zero-order valence-electron chi connectivity index (χ0n) is 24.0. The molecule has 1 saturated carbocycles. The molecule has 1 fully saturated rings. The van der Waals surface area contributed by atoms with E-state index in [4.69, 9.17) is 10.5 Å². The van der Waals surface area contributed by atoms with Crippen molar-refractivity contribution in [1.82, 2.24) is 10.2 Å². The second kappa shape index (κ2) is 12.8. The molecule has 4 N–H and O–H groups in total. The second-order valence-corrected chi connectivity index (χ2v) is 11.2. The molecule has 0 bridgehead atoms. The third kappa shape index (κ3) is 8.18. The highest BCUT2D eigenvalue weighted by Crippen LogP contribution is 2.37. The average Bonchev–Trinajstić information content (AvgIpc) is 3.70. The number of primary amides is 1. The molecule has 0 saturated heterocycles. The number of rotatable bonds is 11. The Morgan fingerprint density at radius 3 is 2.27 bits per heavy atom. The van der Waals surface area contributed by atoms with Crippen LogP contribution in [0.25, 0.3) is 6.08 Å². The van der Waals surface area contributed by atoms with E-state index in [0.717, 1.165) is 16.7 Å². The van der Waals surface area contributed by atoms with E-state index in [2.05, 4.69) is 17.2 Å². The van der Waals surface area contributed by atoms with Crippen LogP contribution in [0.1, 0.15) is 74.8 Å². The van der Waals surface area contributed by atoms with Crippen molar-refractivity contribution in [2.75, 3.05) is 5.32 Å². The second-order valence-electron chi connectivity index (χ2n) is 11.2. The molecule has 2 aromatic rings. The van der Waals surface area contributed by atoms with Crippen molar-refractivity contribution in [1.29, 1.82) is 0 Å². The number of aryl methyl sites for hydroxylation is 2. The molecule has 4 amide bonds. The number of carbonyl (C=O) groups excluding carboxylic acids is 4. The summed E-state index contributed by atoms with van der Waals surface area (Å²) in [4.78, 5) is 54.1. The summed E-state index contributed by atoms with van der Waals surface area (Å²) >= 11 is 0. The van der Waals surface area contributed by atoms with Gasteiger partial charge in [-0.3, -0.25) is 14.4 Å². The molecule has 0 spiro atoms. The van der Waals surface area contributed by atoms with Crippen molar-refractivity contribution in [3.05, 3.63) is 71.3 Å². The summed E-state index contributed by atoms with van der Waals surface area (Å²) in [6.45, 7) is 12.8. The first-order chi connectivity index (χ1) is 18.8. The van der Waals surface area contributed by atoms with Crippen LogP contribution >= 0.6 is 0 Å². The number of carbonyl (C=O) groups is 4. The van der Waals surface area contributed by atoms with E-state index < -0.39 is 35.6 Å². The molecule has 9 heteroatoms. The first-order valence-corrected chi connectivity index (χ1v) is 13.5. The zero-order valence-corrected chi connectivity index (χ0v) is 24.0. The van der Waals surface area contributed by atoms with Gasteiger partial charge in [-0.25, -0.2) is 4.79 Å². The Morgan fingerprint density at radius 2 is 1.73 bits per heavy atom. The summed E-state index contributed by atoms with van der Waals surface area (Å²) < 4.78 is 5.38. The van der Waals surface area contributed by atoms with Crippen LogP contribution in [-0.2, 0) is 19.1 Å². The molecule has 214 valence electrons. The number of nitrogens with one attached hydrogen (secondary N) is 2. The van der Waals surface area contributed by atoms with E-state index in [1.165, 1.54) is 4.90 Å². The van der Waals surface area contributed by atoms with Gasteiger partial charge in [-0.1, -0.05) is 49.1 Å². The topological polar surface area (TPSA) is 131 Å². The van der Waals surface area contributed by atoms with Gasteiger partial charge >= 0.3 is 6.09 Å². The van der Waals surface area contributed by atoms with E-state index in [1.807, 2.05) is 50.2 Å². The molecule has 0 aliphatic heterocycles. The van der Waals surface area contributed by atoms with Crippen LogP contribution in [-0.4, -0.2) is 46.4 Å². The third-order valence-electron chi connectivity index (χ3n) is 6.58. The number of alkyl carbamates (subject to hydrolysis) is 1. The Bertz CT molecular complexity index is 1260. The van der Waals surface area contributed by atoms with Crippen molar-refractivity contribution in [2.24, 2.45) is 5.73 Å². The lowest BCUT2D eigenvalue weighted by Gasteiger charge is -2.35. The summed E-state index contributed by atoms with van der Waals surface area (Å²) in [5.74, 6) is -1.48. The number of hydrogen-bond donors (Lipinski definition) is 3. The molecular weight excluding hydrogens is 508 g/mol. The molecule has 3 rings (SSSR count). The molecule has 2 aromatic carbocycles. The van der Waals surface area contributed by atoms with Crippen molar-refractivity contribution in [3.8, 4) is 0 Å². The van der Waals surface area contributed by atoms with Gasteiger partial charge in [0.25, 0.3) is 5.91 Å². The first kappa shape index (κ1) is 30.4. The Balaban J connectivity index is 2.05. The summed E-state index contributed by atoms with van der Waals surface area (Å²) in [6.07, 6.45) is 2.12.